The largest absolute Gasteiger partial charge is 0.298 e. The lowest BCUT2D eigenvalue weighted by Gasteiger charge is -2.04. The molecule has 0 N–H and O–H groups in total. The number of hydrogen-bond acceptors (Lipinski definition) is 6. The minimum absolute atomic E-state index is 0.147. The Hall–Kier alpha value is -3.55. The molecule has 0 amide bonds. The van der Waals surface area contributed by atoms with Crippen LogP contribution in [0.5, 0.6) is 0 Å². The summed E-state index contributed by atoms with van der Waals surface area (Å²) in [7, 11) is 0. The SMILES string of the molecule is Cc1cnc2c(cc([N+](=O)[O-])c3nncc32)c(-c2ccccc2F)n1. The van der Waals surface area contributed by atoms with Crippen molar-refractivity contribution in [2.75, 3.05) is 0 Å². The van der Waals surface area contributed by atoms with Gasteiger partial charge in [-0.15, -0.1) is 5.10 Å². The molecule has 0 aliphatic rings. The average molecular weight is 335 g/mol. The maximum absolute atomic E-state index is 14.4. The fraction of sp³-hybridized carbons (Fsp3) is 0.0588. The summed E-state index contributed by atoms with van der Waals surface area (Å²) in [5.41, 5.74) is 1.45. The van der Waals surface area contributed by atoms with E-state index in [0.29, 0.717) is 22.0 Å². The van der Waals surface area contributed by atoms with Crippen LogP contribution in [0.1, 0.15) is 5.69 Å². The monoisotopic (exact) mass is 335 g/mol. The van der Waals surface area contributed by atoms with Crippen molar-refractivity contribution in [1.29, 1.82) is 0 Å². The van der Waals surface area contributed by atoms with Crippen LogP contribution in [-0.2, 0) is 0 Å². The number of aromatic nitrogens is 4. The molecule has 0 aliphatic heterocycles. The molecule has 122 valence electrons. The van der Waals surface area contributed by atoms with Crippen molar-refractivity contribution in [2.45, 2.75) is 6.92 Å². The van der Waals surface area contributed by atoms with E-state index in [1.165, 1.54) is 24.5 Å². The van der Waals surface area contributed by atoms with Crippen LogP contribution in [0.3, 0.4) is 0 Å². The van der Waals surface area contributed by atoms with Gasteiger partial charge in [0.1, 0.15) is 5.82 Å². The second-order valence-corrected chi connectivity index (χ2v) is 5.50. The Bertz CT molecular complexity index is 1160. The lowest BCUT2D eigenvalue weighted by Crippen LogP contribution is -1.93. The van der Waals surface area contributed by atoms with Crippen LogP contribution in [0.15, 0.2) is 42.7 Å². The van der Waals surface area contributed by atoms with Crippen LogP contribution in [-0.4, -0.2) is 25.1 Å². The third-order valence-corrected chi connectivity index (χ3v) is 3.88. The Labute approximate surface area is 140 Å². The highest BCUT2D eigenvalue weighted by Gasteiger charge is 2.21. The first-order valence-corrected chi connectivity index (χ1v) is 7.37. The second kappa shape index (κ2) is 5.52. The molecule has 2 aromatic heterocycles. The Balaban J connectivity index is 2.25. The lowest BCUT2D eigenvalue weighted by atomic mass is 10.0. The maximum Gasteiger partial charge on any atom is 0.298 e. The normalized spacial score (nSPS) is 11.1. The van der Waals surface area contributed by atoms with Crippen molar-refractivity contribution < 1.29 is 9.31 Å². The number of fused-ring (bicyclic) bond motifs is 3. The van der Waals surface area contributed by atoms with Crippen LogP contribution >= 0.6 is 0 Å². The molecule has 0 spiro atoms. The molecule has 2 aromatic carbocycles. The van der Waals surface area contributed by atoms with Crippen molar-refractivity contribution in [1.82, 2.24) is 20.2 Å². The highest BCUT2D eigenvalue weighted by atomic mass is 19.1. The fourth-order valence-electron chi connectivity index (χ4n) is 2.78. The molecule has 7 nitrogen and oxygen atoms in total. The lowest BCUT2D eigenvalue weighted by molar-refractivity contribution is -0.383. The van der Waals surface area contributed by atoms with Crippen LogP contribution in [0, 0.1) is 22.9 Å². The molecule has 0 aliphatic carbocycles. The van der Waals surface area contributed by atoms with Gasteiger partial charge in [-0.1, -0.05) is 12.1 Å². The van der Waals surface area contributed by atoms with Gasteiger partial charge >= 0.3 is 0 Å². The number of non-ortho nitro benzene ring substituents is 1. The molecule has 0 saturated heterocycles. The van der Waals surface area contributed by atoms with Gasteiger partial charge in [0.2, 0.25) is 0 Å². The van der Waals surface area contributed by atoms with Crippen LogP contribution < -0.4 is 0 Å². The summed E-state index contributed by atoms with van der Waals surface area (Å²) in [6.07, 6.45) is 2.95. The zero-order chi connectivity index (χ0) is 17.6. The number of nitro groups is 1. The van der Waals surface area contributed by atoms with Gasteiger partial charge in [0.25, 0.3) is 5.69 Å². The van der Waals surface area contributed by atoms with E-state index in [0.717, 1.165) is 0 Å². The van der Waals surface area contributed by atoms with Gasteiger partial charge in [0.15, 0.2) is 5.52 Å². The smallest absolute Gasteiger partial charge is 0.258 e. The van der Waals surface area contributed by atoms with E-state index in [9.17, 15) is 14.5 Å². The van der Waals surface area contributed by atoms with Crippen LogP contribution in [0.25, 0.3) is 33.1 Å². The molecule has 0 saturated carbocycles. The Morgan fingerprint density at radius 3 is 2.68 bits per heavy atom. The Morgan fingerprint density at radius 1 is 1.12 bits per heavy atom. The highest BCUT2D eigenvalue weighted by molar-refractivity contribution is 6.11. The third-order valence-electron chi connectivity index (χ3n) is 3.88. The predicted octanol–water partition coefficient (Wildman–Crippen LogP) is 3.60. The van der Waals surface area contributed by atoms with E-state index in [-0.39, 0.29) is 22.5 Å². The zero-order valence-corrected chi connectivity index (χ0v) is 13.0. The summed E-state index contributed by atoms with van der Waals surface area (Å²) < 4.78 is 14.4. The van der Waals surface area contributed by atoms with E-state index in [2.05, 4.69) is 20.2 Å². The molecule has 8 heteroatoms. The summed E-state index contributed by atoms with van der Waals surface area (Å²) in [6, 6.07) is 7.47. The Morgan fingerprint density at radius 2 is 1.92 bits per heavy atom. The van der Waals surface area contributed by atoms with Crippen LogP contribution in [0.4, 0.5) is 10.1 Å². The molecule has 4 rings (SSSR count). The van der Waals surface area contributed by atoms with Gasteiger partial charge in [0, 0.05) is 23.2 Å². The first kappa shape index (κ1) is 15.0. The number of halogens is 1. The quantitative estimate of drug-likeness (QED) is 0.410. The number of rotatable bonds is 2. The molecule has 4 aromatic rings. The molecule has 0 atom stereocenters. The van der Waals surface area contributed by atoms with Gasteiger partial charge in [-0.3, -0.25) is 20.1 Å². The van der Waals surface area contributed by atoms with Crippen molar-refractivity contribution >= 4 is 27.5 Å². The van der Waals surface area contributed by atoms with Gasteiger partial charge in [-0.2, -0.15) is 5.10 Å². The maximum atomic E-state index is 14.4. The minimum atomic E-state index is -0.540. The summed E-state index contributed by atoms with van der Waals surface area (Å²) in [4.78, 5) is 19.7. The first-order valence-electron chi connectivity index (χ1n) is 7.37. The standard InChI is InChI=1S/C17H10FN5O2/c1-9-7-19-15-11(16(21-9)10-4-2-3-5-13(10)18)6-14(23(24)25)17-12(15)8-20-22-17/h2-8H,1H3. The van der Waals surface area contributed by atoms with Gasteiger partial charge in [-0.25, -0.2) is 4.39 Å². The molecular weight excluding hydrogens is 325 g/mol. The number of hydrogen-bond donors (Lipinski definition) is 0. The third kappa shape index (κ3) is 2.35. The second-order valence-electron chi connectivity index (χ2n) is 5.50. The van der Waals surface area contributed by atoms with E-state index in [4.69, 9.17) is 0 Å². The summed E-state index contributed by atoms with van der Waals surface area (Å²) >= 11 is 0. The minimum Gasteiger partial charge on any atom is -0.258 e. The first-order chi connectivity index (χ1) is 12.1. The molecular formula is C17H10FN5O2. The predicted molar refractivity (Wildman–Crippen MR) is 89.4 cm³/mol. The molecule has 25 heavy (non-hydrogen) atoms. The van der Waals surface area contributed by atoms with E-state index < -0.39 is 10.7 Å². The van der Waals surface area contributed by atoms with E-state index in [1.807, 2.05) is 0 Å². The number of nitro benzene ring substituents is 1. The molecule has 0 bridgehead atoms. The highest BCUT2D eigenvalue weighted by Crippen LogP contribution is 2.35. The number of aryl methyl sites for hydroxylation is 1. The van der Waals surface area contributed by atoms with E-state index >= 15 is 0 Å². The van der Waals surface area contributed by atoms with Gasteiger partial charge < -0.3 is 0 Å². The average Bonchev–Trinajstić information content (AvgIpc) is 3.01. The number of benzene rings is 2. The van der Waals surface area contributed by atoms with Crippen molar-refractivity contribution in [3.8, 4) is 11.3 Å². The van der Waals surface area contributed by atoms with Crippen LogP contribution in [0.2, 0.25) is 0 Å². The van der Waals surface area contributed by atoms with Crippen molar-refractivity contribution in [2.24, 2.45) is 0 Å². The molecule has 0 fully saturated rings. The van der Waals surface area contributed by atoms with Crippen molar-refractivity contribution in [3.05, 3.63) is 64.4 Å². The molecule has 0 radical (unpaired) electrons. The topological polar surface area (TPSA) is 94.7 Å². The summed E-state index contributed by atoms with van der Waals surface area (Å²) in [5, 5.41) is 19.8. The summed E-state index contributed by atoms with van der Waals surface area (Å²) in [5.74, 6) is -0.469. The zero-order valence-electron chi connectivity index (χ0n) is 13.0. The molecule has 0 unspecified atom stereocenters. The Kier molecular flexibility index (Phi) is 3.31. The van der Waals surface area contributed by atoms with Gasteiger partial charge in [-0.05, 0) is 19.1 Å². The fourth-order valence-corrected chi connectivity index (χ4v) is 2.78. The van der Waals surface area contributed by atoms with Gasteiger partial charge in [0.05, 0.1) is 33.4 Å². The molecule has 2 heterocycles. The van der Waals surface area contributed by atoms with Crippen molar-refractivity contribution in [3.63, 3.8) is 0 Å². The number of nitrogens with zero attached hydrogens (tertiary/aromatic N) is 5. The van der Waals surface area contributed by atoms with E-state index in [1.54, 1.807) is 25.1 Å². The summed E-state index contributed by atoms with van der Waals surface area (Å²) in [6.45, 7) is 1.73.